The molecule has 0 unspecified atom stereocenters. The molecule has 1 aliphatic heterocycles. The Balaban J connectivity index is 1.62. The number of rotatable bonds is 2. The molecular formula is C15H19NO. The fourth-order valence-corrected chi connectivity index (χ4v) is 3.31. The van der Waals surface area contributed by atoms with E-state index in [2.05, 4.69) is 35.2 Å². The van der Waals surface area contributed by atoms with Crippen molar-refractivity contribution in [1.82, 2.24) is 4.90 Å². The molecule has 2 nitrogen and oxygen atoms in total. The van der Waals surface area contributed by atoms with Crippen LogP contribution in [0.2, 0.25) is 0 Å². The highest BCUT2D eigenvalue weighted by molar-refractivity contribution is 5.79. The second-order valence-electron chi connectivity index (χ2n) is 5.48. The monoisotopic (exact) mass is 229 g/mol. The van der Waals surface area contributed by atoms with Crippen molar-refractivity contribution < 1.29 is 4.79 Å². The maximum absolute atomic E-state index is 11.5. The first-order chi connectivity index (χ1) is 8.31. The van der Waals surface area contributed by atoms with Crippen LogP contribution in [0.5, 0.6) is 0 Å². The van der Waals surface area contributed by atoms with Gasteiger partial charge in [0.1, 0.15) is 5.78 Å². The summed E-state index contributed by atoms with van der Waals surface area (Å²) in [5, 5.41) is 0. The summed E-state index contributed by atoms with van der Waals surface area (Å²) in [6, 6.07) is 10.6. The molecule has 1 aromatic carbocycles. The van der Waals surface area contributed by atoms with E-state index in [4.69, 9.17) is 0 Å². The van der Waals surface area contributed by atoms with Gasteiger partial charge in [-0.2, -0.15) is 0 Å². The van der Waals surface area contributed by atoms with Crippen LogP contribution in [0.1, 0.15) is 24.8 Å². The predicted octanol–water partition coefficient (Wildman–Crippen LogP) is 2.49. The highest BCUT2D eigenvalue weighted by Crippen LogP contribution is 2.35. The van der Waals surface area contributed by atoms with Crippen LogP contribution < -0.4 is 0 Å². The Morgan fingerprint density at radius 3 is 2.71 bits per heavy atom. The van der Waals surface area contributed by atoms with E-state index in [1.54, 1.807) is 0 Å². The fraction of sp³-hybridized carbons (Fsp3) is 0.533. The lowest BCUT2D eigenvalue weighted by atomic mass is 9.81. The summed E-state index contributed by atoms with van der Waals surface area (Å²) in [4.78, 5) is 14.0. The Morgan fingerprint density at radius 2 is 1.88 bits per heavy atom. The van der Waals surface area contributed by atoms with Gasteiger partial charge in [0.25, 0.3) is 0 Å². The Hall–Kier alpha value is -1.15. The van der Waals surface area contributed by atoms with Gasteiger partial charge in [0.15, 0.2) is 0 Å². The molecular weight excluding hydrogens is 210 g/mol. The van der Waals surface area contributed by atoms with Crippen molar-refractivity contribution in [1.29, 1.82) is 0 Å². The van der Waals surface area contributed by atoms with Crippen LogP contribution in [0.15, 0.2) is 30.3 Å². The molecule has 1 heterocycles. The second kappa shape index (κ2) is 4.61. The highest BCUT2D eigenvalue weighted by atomic mass is 16.1. The molecule has 1 aliphatic carbocycles. The fourth-order valence-electron chi connectivity index (χ4n) is 3.31. The van der Waals surface area contributed by atoms with Crippen LogP contribution in [-0.4, -0.2) is 23.8 Å². The van der Waals surface area contributed by atoms with E-state index in [1.807, 2.05) is 0 Å². The SMILES string of the molecule is O=C1CC[C@@H]2CN(Cc3ccccc3)C[C@@H]2C1. The third-order valence-electron chi connectivity index (χ3n) is 4.18. The quantitative estimate of drug-likeness (QED) is 0.776. The van der Waals surface area contributed by atoms with E-state index >= 15 is 0 Å². The first-order valence-corrected chi connectivity index (χ1v) is 6.59. The minimum atomic E-state index is 0.479. The van der Waals surface area contributed by atoms with Crippen LogP contribution in [0.4, 0.5) is 0 Å². The molecule has 1 saturated heterocycles. The molecule has 0 spiro atoms. The summed E-state index contributed by atoms with van der Waals surface area (Å²) in [7, 11) is 0. The minimum absolute atomic E-state index is 0.479. The van der Waals surface area contributed by atoms with Gasteiger partial charge in [-0.1, -0.05) is 30.3 Å². The summed E-state index contributed by atoms with van der Waals surface area (Å²) in [5.74, 6) is 1.89. The Bertz CT molecular complexity index is 401. The molecule has 0 N–H and O–H groups in total. The lowest BCUT2D eigenvalue weighted by molar-refractivity contribution is -0.122. The number of carbonyl (C=O) groups is 1. The van der Waals surface area contributed by atoms with Crippen molar-refractivity contribution in [3.63, 3.8) is 0 Å². The number of ketones is 1. The zero-order valence-corrected chi connectivity index (χ0v) is 10.1. The van der Waals surface area contributed by atoms with Crippen LogP contribution in [-0.2, 0) is 11.3 Å². The summed E-state index contributed by atoms with van der Waals surface area (Å²) in [5.41, 5.74) is 1.39. The molecule has 2 fully saturated rings. The molecule has 0 bridgehead atoms. The van der Waals surface area contributed by atoms with Crippen LogP contribution in [0, 0.1) is 11.8 Å². The Labute approximate surface area is 103 Å². The van der Waals surface area contributed by atoms with Gasteiger partial charge in [0.2, 0.25) is 0 Å². The van der Waals surface area contributed by atoms with Crippen molar-refractivity contribution in [3.8, 4) is 0 Å². The van der Waals surface area contributed by atoms with E-state index in [-0.39, 0.29) is 0 Å². The molecule has 2 aliphatic rings. The first kappa shape index (κ1) is 11.0. The zero-order chi connectivity index (χ0) is 11.7. The van der Waals surface area contributed by atoms with Crippen LogP contribution in [0.3, 0.4) is 0 Å². The summed E-state index contributed by atoms with van der Waals surface area (Å²) in [6.07, 6.45) is 2.77. The first-order valence-electron chi connectivity index (χ1n) is 6.59. The molecule has 0 aromatic heterocycles. The summed E-state index contributed by atoms with van der Waals surface area (Å²) < 4.78 is 0. The summed E-state index contributed by atoms with van der Waals surface area (Å²) >= 11 is 0. The van der Waals surface area contributed by atoms with Crippen molar-refractivity contribution >= 4 is 5.78 Å². The third-order valence-corrected chi connectivity index (χ3v) is 4.18. The molecule has 0 radical (unpaired) electrons. The van der Waals surface area contributed by atoms with Crippen LogP contribution >= 0.6 is 0 Å². The topological polar surface area (TPSA) is 20.3 Å². The standard InChI is InChI=1S/C15H19NO/c17-15-7-6-13-10-16(11-14(13)8-15)9-12-4-2-1-3-5-12/h1-5,13-14H,6-11H2/t13-,14+/m1/s1. The van der Waals surface area contributed by atoms with Gasteiger partial charge in [-0.3, -0.25) is 9.69 Å². The smallest absolute Gasteiger partial charge is 0.133 e. The molecule has 1 saturated carbocycles. The Morgan fingerprint density at radius 1 is 1.12 bits per heavy atom. The van der Waals surface area contributed by atoms with Crippen molar-refractivity contribution in [3.05, 3.63) is 35.9 Å². The van der Waals surface area contributed by atoms with Gasteiger partial charge in [-0.15, -0.1) is 0 Å². The number of Topliss-reactive ketones (excluding diaryl/α,β-unsaturated/α-hetero) is 1. The van der Waals surface area contributed by atoms with Gasteiger partial charge in [-0.05, 0) is 23.8 Å². The second-order valence-corrected chi connectivity index (χ2v) is 5.48. The highest BCUT2D eigenvalue weighted by Gasteiger charge is 2.36. The van der Waals surface area contributed by atoms with Gasteiger partial charge in [0.05, 0.1) is 0 Å². The number of nitrogens with zero attached hydrogens (tertiary/aromatic N) is 1. The van der Waals surface area contributed by atoms with Crippen molar-refractivity contribution in [2.24, 2.45) is 11.8 Å². The molecule has 2 atom stereocenters. The maximum Gasteiger partial charge on any atom is 0.133 e. The lowest BCUT2D eigenvalue weighted by Crippen LogP contribution is -2.23. The normalized spacial score (nSPS) is 29.3. The average molecular weight is 229 g/mol. The molecule has 17 heavy (non-hydrogen) atoms. The maximum atomic E-state index is 11.5. The zero-order valence-electron chi connectivity index (χ0n) is 10.1. The van der Waals surface area contributed by atoms with Gasteiger partial charge < -0.3 is 0 Å². The number of likely N-dealkylation sites (tertiary alicyclic amines) is 1. The lowest BCUT2D eigenvalue weighted by Gasteiger charge is -2.22. The number of carbonyl (C=O) groups excluding carboxylic acids is 1. The average Bonchev–Trinajstić information content (AvgIpc) is 2.71. The molecule has 90 valence electrons. The number of benzene rings is 1. The summed E-state index contributed by atoms with van der Waals surface area (Å²) in [6.45, 7) is 3.35. The third kappa shape index (κ3) is 2.42. The van der Waals surface area contributed by atoms with E-state index in [0.717, 1.165) is 38.3 Å². The Kier molecular flexibility index (Phi) is 2.98. The molecule has 3 rings (SSSR count). The molecule has 1 aromatic rings. The van der Waals surface area contributed by atoms with E-state index in [9.17, 15) is 4.79 Å². The van der Waals surface area contributed by atoms with E-state index in [1.165, 1.54) is 12.1 Å². The number of hydrogen-bond acceptors (Lipinski definition) is 2. The molecule has 0 amide bonds. The van der Waals surface area contributed by atoms with Gasteiger partial charge >= 0.3 is 0 Å². The number of hydrogen-bond donors (Lipinski definition) is 0. The predicted molar refractivity (Wildman–Crippen MR) is 67.6 cm³/mol. The van der Waals surface area contributed by atoms with Crippen molar-refractivity contribution in [2.45, 2.75) is 25.8 Å². The van der Waals surface area contributed by atoms with Crippen molar-refractivity contribution in [2.75, 3.05) is 13.1 Å². The van der Waals surface area contributed by atoms with Crippen LogP contribution in [0.25, 0.3) is 0 Å². The minimum Gasteiger partial charge on any atom is -0.300 e. The molecule has 2 heteroatoms. The van der Waals surface area contributed by atoms with E-state index in [0.29, 0.717) is 11.7 Å². The largest absolute Gasteiger partial charge is 0.300 e. The number of fused-ring (bicyclic) bond motifs is 1. The van der Waals surface area contributed by atoms with E-state index < -0.39 is 0 Å². The van der Waals surface area contributed by atoms with Gasteiger partial charge in [0, 0.05) is 32.5 Å². The van der Waals surface area contributed by atoms with Gasteiger partial charge in [-0.25, -0.2) is 0 Å².